The Bertz CT molecular complexity index is 450. The summed E-state index contributed by atoms with van der Waals surface area (Å²) in [5.41, 5.74) is 2.40. The first kappa shape index (κ1) is 8.05. The Hall–Kier alpha value is -1.29. The molecule has 0 bridgehead atoms. The molecule has 0 atom stereocenters. The van der Waals surface area contributed by atoms with Crippen molar-refractivity contribution >= 4 is 11.8 Å². The summed E-state index contributed by atoms with van der Waals surface area (Å²) in [5.74, 6) is 1.14. The van der Waals surface area contributed by atoms with Crippen molar-refractivity contribution in [3.05, 3.63) is 30.7 Å². The summed E-state index contributed by atoms with van der Waals surface area (Å²) < 4.78 is 2.26. The van der Waals surface area contributed by atoms with Crippen molar-refractivity contribution in [1.29, 1.82) is 0 Å². The van der Waals surface area contributed by atoms with Crippen LogP contribution in [-0.4, -0.2) is 20.3 Å². The normalized spacial score (nSPS) is 14.3. The Balaban J connectivity index is 2.13. The number of thioether (sulfide) groups is 1. The van der Waals surface area contributed by atoms with Crippen molar-refractivity contribution in [2.45, 2.75) is 11.7 Å². The van der Waals surface area contributed by atoms with Crippen LogP contribution in [0.5, 0.6) is 0 Å². The van der Waals surface area contributed by atoms with Gasteiger partial charge in [-0.1, -0.05) is 11.8 Å². The molecule has 0 unspecified atom stereocenters. The van der Waals surface area contributed by atoms with Crippen molar-refractivity contribution < 1.29 is 0 Å². The lowest BCUT2D eigenvalue weighted by molar-refractivity contribution is 0.726. The lowest BCUT2D eigenvalue weighted by Gasteiger charge is -2.02. The summed E-state index contributed by atoms with van der Waals surface area (Å²) in [4.78, 5) is 8.39. The zero-order valence-corrected chi connectivity index (χ0v) is 8.37. The maximum absolute atomic E-state index is 4.38. The molecule has 1 aliphatic rings. The van der Waals surface area contributed by atoms with Gasteiger partial charge in [0, 0.05) is 30.3 Å². The Kier molecular flexibility index (Phi) is 1.80. The smallest absolute Gasteiger partial charge is 0.168 e. The number of rotatable bonds is 1. The molecule has 0 fully saturated rings. The second-order valence-corrected chi connectivity index (χ2v) is 4.22. The molecule has 0 amide bonds. The van der Waals surface area contributed by atoms with E-state index in [1.807, 2.05) is 42.5 Å². The molecular formula is C10H9N3S. The standard InChI is InChI=1S/C10H9N3S/c1-3-11-4-2-8(1)9-7-12-10-13(9)5-6-14-10/h1-4,7H,5-6H2. The number of aromatic nitrogens is 3. The van der Waals surface area contributed by atoms with Gasteiger partial charge in [0.05, 0.1) is 11.9 Å². The number of nitrogens with zero attached hydrogens (tertiary/aromatic N) is 3. The highest BCUT2D eigenvalue weighted by atomic mass is 32.2. The van der Waals surface area contributed by atoms with Crippen LogP contribution in [0, 0.1) is 0 Å². The summed E-state index contributed by atoms with van der Waals surface area (Å²) in [5, 5.41) is 1.14. The Morgan fingerprint density at radius 1 is 1.29 bits per heavy atom. The largest absolute Gasteiger partial charge is 0.318 e. The topological polar surface area (TPSA) is 30.7 Å². The van der Waals surface area contributed by atoms with E-state index < -0.39 is 0 Å². The summed E-state index contributed by atoms with van der Waals surface area (Å²) >= 11 is 1.82. The predicted octanol–water partition coefficient (Wildman–Crippen LogP) is 2.05. The van der Waals surface area contributed by atoms with Gasteiger partial charge in [-0.2, -0.15) is 0 Å². The SMILES string of the molecule is c1cc(-c2cnc3n2CCS3)ccn1. The molecule has 1 aliphatic heterocycles. The van der Waals surface area contributed by atoms with E-state index >= 15 is 0 Å². The van der Waals surface area contributed by atoms with E-state index in [-0.39, 0.29) is 0 Å². The predicted molar refractivity (Wildman–Crippen MR) is 56.2 cm³/mol. The fourth-order valence-electron chi connectivity index (χ4n) is 1.67. The van der Waals surface area contributed by atoms with E-state index in [0.717, 1.165) is 17.5 Å². The summed E-state index contributed by atoms with van der Waals surface area (Å²) in [7, 11) is 0. The van der Waals surface area contributed by atoms with Gasteiger partial charge in [-0.05, 0) is 12.1 Å². The van der Waals surface area contributed by atoms with E-state index in [1.165, 1.54) is 11.3 Å². The molecular weight excluding hydrogens is 194 g/mol. The van der Waals surface area contributed by atoms with Crippen molar-refractivity contribution in [2.75, 3.05) is 5.75 Å². The zero-order chi connectivity index (χ0) is 9.38. The van der Waals surface area contributed by atoms with Crippen LogP contribution in [0.1, 0.15) is 0 Å². The second kappa shape index (κ2) is 3.13. The highest BCUT2D eigenvalue weighted by Gasteiger charge is 2.16. The van der Waals surface area contributed by atoms with Crippen LogP contribution in [0.25, 0.3) is 11.3 Å². The van der Waals surface area contributed by atoms with Crippen molar-refractivity contribution in [2.24, 2.45) is 0 Å². The second-order valence-electron chi connectivity index (χ2n) is 3.16. The maximum Gasteiger partial charge on any atom is 0.168 e. The van der Waals surface area contributed by atoms with Crippen molar-refractivity contribution in [3.63, 3.8) is 0 Å². The van der Waals surface area contributed by atoms with E-state index in [0.29, 0.717) is 0 Å². The number of hydrogen-bond donors (Lipinski definition) is 0. The lowest BCUT2D eigenvalue weighted by atomic mass is 10.2. The molecule has 0 aliphatic carbocycles. The van der Waals surface area contributed by atoms with E-state index in [9.17, 15) is 0 Å². The summed E-state index contributed by atoms with van der Waals surface area (Å²) in [6.45, 7) is 1.07. The third kappa shape index (κ3) is 1.14. The molecule has 0 spiro atoms. The molecule has 0 saturated carbocycles. The molecule has 2 aromatic rings. The minimum absolute atomic E-state index is 1.07. The quantitative estimate of drug-likeness (QED) is 0.710. The zero-order valence-electron chi connectivity index (χ0n) is 7.55. The first-order valence-electron chi connectivity index (χ1n) is 4.54. The molecule has 3 rings (SSSR count). The van der Waals surface area contributed by atoms with E-state index in [4.69, 9.17) is 0 Å². The van der Waals surface area contributed by atoms with Crippen LogP contribution in [0.2, 0.25) is 0 Å². The third-order valence-electron chi connectivity index (χ3n) is 2.34. The minimum Gasteiger partial charge on any atom is -0.318 e. The van der Waals surface area contributed by atoms with Gasteiger partial charge in [-0.15, -0.1) is 0 Å². The number of imidazole rings is 1. The van der Waals surface area contributed by atoms with Gasteiger partial charge in [-0.25, -0.2) is 4.98 Å². The Labute approximate surface area is 86.2 Å². The number of hydrogen-bond acceptors (Lipinski definition) is 3. The first-order valence-corrected chi connectivity index (χ1v) is 5.52. The monoisotopic (exact) mass is 203 g/mol. The molecule has 4 heteroatoms. The average molecular weight is 203 g/mol. The summed E-state index contributed by atoms with van der Waals surface area (Å²) in [6, 6.07) is 4.04. The average Bonchev–Trinajstić information content (AvgIpc) is 2.79. The molecule has 0 saturated heterocycles. The first-order chi connectivity index (χ1) is 6.95. The van der Waals surface area contributed by atoms with Crippen LogP contribution in [-0.2, 0) is 6.54 Å². The highest BCUT2D eigenvalue weighted by molar-refractivity contribution is 7.99. The van der Waals surface area contributed by atoms with Gasteiger partial charge in [0.2, 0.25) is 0 Å². The van der Waals surface area contributed by atoms with Gasteiger partial charge < -0.3 is 4.57 Å². The van der Waals surface area contributed by atoms with Crippen LogP contribution in [0.4, 0.5) is 0 Å². The molecule has 0 aromatic carbocycles. The molecule has 0 radical (unpaired) electrons. The van der Waals surface area contributed by atoms with Crippen LogP contribution in [0.3, 0.4) is 0 Å². The molecule has 14 heavy (non-hydrogen) atoms. The van der Waals surface area contributed by atoms with E-state index in [1.54, 1.807) is 0 Å². The van der Waals surface area contributed by atoms with Crippen LogP contribution >= 0.6 is 11.8 Å². The molecule has 3 nitrogen and oxygen atoms in total. The maximum atomic E-state index is 4.38. The third-order valence-corrected chi connectivity index (χ3v) is 3.31. The molecule has 3 heterocycles. The molecule has 2 aromatic heterocycles. The van der Waals surface area contributed by atoms with E-state index in [2.05, 4.69) is 14.5 Å². The van der Waals surface area contributed by atoms with Gasteiger partial charge >= 0.3 is 0 Å². The van der Waals surface area contributed by atoms with Crippen LogP contribution in [0.15, 0.2) is 35.9 Å². The van der Waals surface area contributed by atoms with Crippen molar-refractivity contribution in [1.82, 2.24) is 14.5 Å². The van der Waals surface area contributed by atoms with Gasteiger partial charge in [-0.3, -0.25) is 4.98 Å². The van der Waals surface area contributed by atoms with Crippen LogP contribution < -0.4 is 0 Å². The Morgan fingerprint density at radius 3 is 3.00 bits per heavy atom. The molecule has 70 valence electrons. The minimum atomic E-state index is 1.07. The van der Waals surface area contributed by atoms with Gasteiger partial charge in [0.15, 0.2) is 5.16 Å². The van der Waals surface area contributed by atoms with Gasteiger partial charge in [0.25, 0.3) is 0 Å². The summed E-state index contributed by atoms with van der Waals surface area (Å²) in [6.07, 6.45) is 5.57. The number of pyridine rings is 1. The fourth-order valence-corrected chi connectivity index (χ4v) is 2.60. The lowest BCUT2D eigenvalue weighted by Crippen LogP contribution is -1.95. The van der Waals surface area contributed by atoms with Gasteiger partial charge in [0.1, 0.15) is 0 Å². The number of fused-ring (bicyclic) bond motifs is 1. The van der Waals surface area contributed by atoms with Crippen molar-refractivity contribution in [3.8, 4) is 11.3 Å². The Morgan fingerprint density at radius 2 is 2.14 bits per heavy atom. The fraction of sp³-hybridized carbons (Fsp3) is 0.200. The molecule has 0 N–H and O–H groups in total. The highest BCUT2D eigenvalue weighted by Crippen LogP contribution is 2.30.